The molecule has 0 radical (unpaired) electrons. The molecule has 3 unspecified atom stereocenters. The number of carbonyl (C=O) groups excluding carboxylic acids is 1. The van der Waals surface area contributed by atoms with Crippen molar-refractivity contribution in [3.05, 3.63) is 71.4 Å². The van der Waals surface area contributed by atoms with Gasteiger partial charge >= 0.3 is 0 Å². The van der Waals surface area contributed by atoms with Crippen LogP contribution in [0.25, 0.3) is 5.57 Å². The number of nitrogens with one attached hydrogen (secondary N) is 2. The average Bonchev–Trinajstić information content (AvgIpc) is 3.20. The molecule has 3 aliphatic heterocycles. The molecule has 0 spiro atoms. The second-order valence-electron chi connectivity index (χ2n) is 7.53. The zero-order valence-corrected chi connectivity index (χ0v) is 16.7. The predicted molar refractivity (Wildman–Crippen MR) is 115 cm³/mol. The van der Waals surface area contributed by atoms with Crippen LogP contribution < -0.4 is 15.5 Å². The summed E-state index contributed by atoms with van der Waals surface area (Å²) in [6, 6.07) is 17.1. The van der Waals surface area contributed by atoms with E-state index < -0.39 is 0 Å². The topological polar surface area (TPSA) is 47.6 Å². The van der Waals surface area contributed by atoms with Gasteiger partial charge in [0, 0.05) is 26.2 Å². The van der Waals surface area contributed by atoms with Crippen molar-refractivity contribution in [2.24, 2.45) is 0 Å². The predicted octanol–water partition coefficient (Wildman–Crippen LogP) is 2.48. The van der Waals surface area contributed by atoms with E-state index in [0.29, 0.717) is 5.69 Å². The van der Waals surface area contributed by atoms with Crippen molar-refractivity contribution in [3.63, 3.8) is 0 Å². The highest BCUT2D eigenvalue weighted by Crippen LogP contribution is 2.38. The second-order valence-corrected chi connectivity index (χ2v) is 8.54. The van der Waals surface area contributed by atoms with Crippen LogP contribution in [-0.4, -0.2) is 54.6 Å². The van der Waals surface area contributed by atoms with Crippen LogP contribution in [0.4, 0.5) is 10.1 Å². The van der Waals surface area contributed by atoms with E-state index in [9.17, 15) is 9.18 Å². The normalized spacial score (nSPS) is 27.3. The minimum absolute atomic E-state index is 0.00857. The molecule has 5 rings (SSSR count). The van der Waals surface area contributed by atoms with Gasteiger partial charge in [-0.15, -0.1) is 11.8 Å². The lowest BCUT2D eigenvalue weighted by atomic mass is 9.96. The van der Waals surface area contributed by atoms with Gasteiger partial charge in [0.15, 0.2) is 0 Å². The fraction of sp³-hybridized carbons (Fsp3) is 0.318. The number of rotatable bonds is 3. The first kappa shape index (κ1) is 18.7. The molecule has 0 bridgehead atoms. The molecule has 0 aromatic heterocycles. The monoisotopic (exact) mass is 410 g/mol. The Morgan fingerprint density at radius 3 is 2.45 bits per heavy atom. The minimum atomic E-state index is -0.211. The zero-order chi connectivity index (χ0) is 19.8. The fourth-order valence-corrected chi connectivity index (χ4v) is 5.43. The van der Waals surface area contributed by atoms with Crippen LogP contribution in [0, 0.1) is 5.82 Å². The quantitative estimate of drug-likeness (QED) is 0.814. The molecule has 0 aliphatic carbocycles. The summed E-state index contributed by atoms with van der Waals surface area (Å²) in [4.78, 5) is 17.0. The summed E-state index contributed by atoms with van der Waals surface area (Å²) in [5.41, 5.74) is 2.97. The molecule has 0 saturated carbocycles. The van der Waals surface area contributed by atoms with Crippen LogP contribution in [0.1, 0.15) is 5.56 Å². The number of nitrogens with zero attached hydrogens (tertiary/aromatic N) is 2. The lowest BCUT2D eigenvalue weighted by Gasteiger charge is -2.44. The molecule has 7 heteroatoms. The fourth-order valence-electron chi connectivity index (χ4n) is 4.28. The molecular weight excluding hydrogens is 387 g/mol. The van der Waals surface area contributed by atoms with Gasteiger partial charge in [-0.3, -0.25) is 15.0 Å². The summed E-state index contributed by atoms with van der Waals surface area (Å²) in [5, 5.41) is 8.74. The number of hydrogen-bond acceptors (Lipinski definition) is 5. The Kier molecular flexibility index (Phi) is 5.03. The summed E-state index contributed by atoms with van der Waals surface area (Å²) < 4.78 is 14.1. The van der Waals surface area contributed by atoms with E-state index in [2.05, 4.69) is 38.0 Å². The summed E-state index contributed by atoms with van der Waals surface area (Å²) >= 11 is 1.58. The van der Waals surface area contributed by atoms with Gasteiger partial charge in [-0.2, -0.15) is 0 Å². The largest absolute Gasteiger partial charge is 0.367 e. The van der Waals surface area contributed by atoms with E-state index in [1.165, 1.54) is 11.6 Å². The number of para-hydroxylation sites is 1. The molecular formula is C22H23FN4OS. The van der Waals surface area contributed by atoms with E-state index >= 15 is 0 Å². The Balaban J connectivity index is 1.28. The molecule has 2 saturated heterocycles. The Labute approximate surface area is 174 Å². The molecule has 1 amide bonds. The van der Waals surface area contributed by atoms with Crippen molar-refractivity contribution >= 4 is 28.9 Å². The van der Waals surface area contributed by atoms with Gasteiger partial charge in [0.2, 0.25) is 5.91 Å². The maximum absolute atomic E-state index is 14.1. The standard InChI is InChI=1S/C22H23FN4OS/c23-17-8-4-5-9-18(17)26-10-12-27(13-11-26)22-24-19-16(15-6-2-1-3-7-15)14-29-20(19)21(28)25-22/h1-9,14,19-20,22,24H,10-13H2,(H,25,28). The van der Waals surface area contributed by atoms with Crippen LogP contribution in [0.2, 0.25) is 0 Å². The van der Waals surface area contributed by atoms with Crippen molar-refractivity contribution in [3.8, 4) is 0 Å². The Morgan fingerprint density at radius 2 is 1.69 bits per heavy atom. The minimum Gasteiger partial charge on any atom is -0.367 e. The maximum atomic E-state index is 14.1. The molecule has 2 aromatic carbocycles. The van der Waals surface area contributed by atoms with E-state index in [1.807, 2.05) is 30.3 Å². The van der Waals surface area contributed by atoms with Gasteiger partial charge in [-0.25, -0.2) is 4.39 Å². The van der Waals surface area contributed by atoms with Crippen molar-refractivity contribution in [1.29, 1.82) is 0 Å². The number of anilines is 1. The van der Waals surface area contributed by atoms with Crippen LogP contribution in [0.5, 0.6) is 0 Å². The number of fused-ring (bicyclic) bond motifs is 1. The van der Waals surface area contributed by atoms with Crippen molar-refractivity contribution in [1.82, 2.24) is 15.5 Å². The van der Waals surface area contributed by atoms with Gasteiger partial charge in [0.05, 0.1) is 11.7 Å². The number of piperazine rings is 1. The first-order valence-electron chi connectivity index (χ1n) is 9.91. The summed E-state index contributed by atoms with van der Waals surface area (Å²) in [5.74, 6) is -0.115. The highest BCUT2D eigenvalue weighted by Gasteiger charge is 2.43. The molecule has 2 N–H and O–H groups in total. The summed E-state index contributed by atoms with van der Waals surface area (Å²) in [6.45, 7) is 2.95. The van der Waals surface area contributed by atoms with Crippen LogP contribution in [0.3, 0.4) is 0 Å². The SMILES string of the molecule is O=C1NC(N2CCN(c3ccccc3F)CC2)NC2C(c3ccccc3)=CSC12. The van der Waals surface area contributed by atoms with E-state index in [0.717, 1.165) is 31.7 Å². The van der Waals surface area contributed by atoms with Gasteiger partial charge in [0.1, 0.15) is 17.4 Å². The van der Waals surface area contributed by atoms with Crippen molar-refractivity contribution in [2.75, 3.05) is 31.1 Å². The third-order valence-electron chi connectivity index (χ3n) is 5.83. The molecule has 150 valence electrons. The summed E-state index contributed by atoms with van der Waals surface area (Å²) in [7, 11) is 0. The van der Waals surface area contributed by atoms with Crippen LogP contribution >= 0.6 is 11.8 Å². The molecule has 3 atom stereocenters. The lowest BCUT2D eigenvalue weighted by molar-refractivity contribution is -0.125. The van der Waals surface area contributed by atoms with Crippen LogP contribution in [0.15, 0.2) is 60.0 Å². The van der Waals surface area contributed by atoms with Gasteiger partial charge in [-0.05, 0) is 28.7 Å². The third kappa shape index (κ3) is 3.54. The van der Waals surface area contributed by atoms with Crippen LogP contribution in [-0.2, 0) is 4.79 Å². The average molecular weight is 411 g/mol. The second kappa shape index (κ2) is 7.82. The molecule has 3 aliphatic rings. The molecule has 2 fully saturated rings. The number of thioether (sulfide) groups is 1. The smallest absolute Gasteiger partial charge is 0.237 e. The number of benzene rings is 2. The Morgan fingerprint density at radius 1 is 0.966 bits per heavy atom. The molecule has 3 heterocycles. The molecule has 2 aromatic rings. The number of hydrogen-bond donors (Lipinski definition) is 2. The van der Waals surface area contributed by atoms with Gasteiger partial charge in [0.25, 0.3) is 0 Å². The van der Waals surface area contributed by atoms with Crippen molar-refractivity contribution < 1.29 is 9.18 Å². The highest BCUT2D eigenvalue weighted by atomic mass is 32.2. The van der Waals surface area contributed by atoms with E-state index in [1.54, 1.807) is 17.8 Å². The van der Waals surface area contributed by atoms with E-state index in [-0.39, 0.29) is 29.3 Å². The van der Waals surface area contributed by atoms with Gasteiger partial charge in [-0.1, -0.05) is 42.5 Å². The lowest BCUT2D eigenvalue weighted by Crippen LogP contribution is -2.69. The summed E-state index contributed by atoms with van der Waals surface area (Å²) in [6.07, 6.45) is -0.211. The van der Waals surface area contributed by atoms with E-state index in [4.69, 9.17) is 0 Å². The Hall–Kier alpha value is -2.35. The van der Waals surface area contributed by atoms with Gasteiger partial charge < -0.3 is 10.2 Å². The Bertz CT molecular complexity index is 929. The third-order valence-corrected chi connectivity index (χ3v) is 7.00. The number of halogens is 1. The zero-order valence-electron chi connectivity index (χ0n) is 15.9. The molecule has 5 nitrogen and oxygen atoms in total. The first-order chi connectivity index (χ1) is 14.2. The molecule has 29 heavy (non-hydrogen) atoms. The maximum Gasteiger partial charge on any atom is 0.237 e. The number of amides is 1. The number of carbonyl (C=O) groups is 1. The highest BCUT2D eigenvalue weighted by molar-refractivity contribution is 8.04. The van der Waals surface area contributed by atoms with Crippen molar-refractivity contribution in [2.45, 2.75) is 17.6 Å². The first-order valence-corrected chi connectivity index (χ1v) is 10.9.